The predicted octanol–water partition coefficient (Wildman–Crippen LogP) is 13.0. The van der Waals surface area contributed by atoms with Crippen molar-refractivity contribution >= 4 is 22.8 Å². The molecule has 0 saturated heterocycles. The number of nitrogens with zero attached hydrogens (tertiary/aromatic N) is 2. The predicted molar refractivity (Wildman–Crippen MR) is 193 cm³/mol. The van der Waals surface area contributed by atoms with E-state index >= 15 is 0 Å². The Morgan fingerprint density at radius 3 is 1.59 bits per heavy atom. The Morgan fingerprint density at radius 2 is 1.07 bits per heavy atom. The number of aliphatic imine (C=N–C) groups is 2. The number of aryl methyl sites for hydroxylation is 4. The minimum absolute atomic E-state index is 0. The van der Waals surface area contributed by atoms with Gasteiger partial charge >= 0.3 is 0 Å². The molecule has 2 aromatic carbocycles. The van der Waals surface area contributed by atoms with Crippen molar-refractivity contribution < 1.29 is 16.5 Å². The Kier molecular flexibility index (Phi) is 22.4. The molecule has 0 N–H and O–H groups in total. The van der Waals surface area contributed by atoms with Gasteiger partial charge in [-0.15, -0.1) is 0 Å². The third kappa shape index (κ3) is 17.2. The van der Waals surface area contributed by atoms with Gasteiger partial charge in [0, 0.05) is 22.9 Å². The SMILES string of the molecule is CCCCCCCCC/C=C/C(=N\c1ccc(C)c(C)c1)C(/C#CCCCCCCCCCC)=N/c1ccc(C)c(C)c1.[Ni]. The van der Waals surface area contributed by atoms with E-state index in [1.807, 2.05) is 0 Å². The molecule has 244 valence electrons. The van der Waals surface area contributed by atoms with Gasteiger partial charge in [0.2, 0.25) is 0 Å². The molecule has 3 heteroatoms. The first kappa shape index (κ1) is 39.6. The van der Waals surface area contributed by atoms with Crippen LogP contribution in [0.4, 0.5) is 11.4 Å². The Morgan fingerprint density at radius 1 is 0.591 bits per heavy atom. The number of hydrogen-bond donors (Lipinski definition) is 0. The molecule has 0 atom stereocenters. The molecule has 0 fully saturated rings. The summed E-state index contributed by atoms with van der Waals surface area (Å²) in [6.45, 7) is 13.1. The molecule has 0 bridgehead atoms. The van der Waals surface area contributed by atoms with Gasteiger partial charge in [0.05, 0.1) is 17.1 Å². The first-order chi connectivity index (χ1) is 20.9. The molecule has 2 nitrogen and oxygen atoms in total. The van der Waals surface area contributed by atoms with Crippen molar-refractivity contribution in [3.05, 3.63) is 70.8 Å². The normalized spacial score (nSPS) is 11.9. The molecule has 2 rings (SSSR count). The van der Waals surface area contributed by atoms with Crippen molar-refractivity contribution in [1.29, 1.82) is 0 Å². The summed E-state index contributed by atoms with van der Waals surface area (Å²) in [5.41, 5.74) is 8.56. The van der Waals surface area contributed by atoms with Crippen molar-refractivity contribution in [3.8, 4) is 11.8 Å². The summed E-state index contributed by atoms with van der Waals surface area (Å²) in [6, 6.07) is 12.8. The zero-order valence-electron chi connectivity index (χ0n) is 28.9. The van der Waals surface area contributed by atoms with E-state index in [4.69, 9.17) is 9.98 Å². The summed E-state index contributed by atoms with van der Waals surface area (Å²) in [7, 11) is 0. The largest absolute Gasteiger partial charge is 0.246 e. The zero-order valence-corrected chi connectivity index (χ0v) is 29.8. The Labute approximate surface area is 281 Å². The van der Waals surface area contributed by atoms with Crippen molar-refractivity contribution in [1.82, 2.24) is 0 Å². The van der Waals surface area contributed by atoms with Crippen LogP contribution in [0.15, 0.2) is 58.5 Å². The maximum Gasteiger partial charge on any atom is 0.139 e. The molecule has 0 radical (unpaired) electrons. The van der Waals surface area contributed by atoms with E-state index in [0.717, 1.165) is 42.1 Å². The van der Waals surface area contributed by atoms with Crippen LogP contribution in [0.3, 0.4) is 0 Å². The van der Waals surface area contributed by atoms with Gasteiger partial charge in [0.1, 0.15) is 5.71 Å². The molecule has 0 aliphatic heterocycles. The number of hydrogen-bond acceptors (Lipinski definition) is 2. The van der Waals surface area contributed by atoms with E-state index in [1.165, 1.54) is 112 Å². The van der Waals surface area contributed by atoms with Crippen molar-refractivity contribution in [2.45, 2.75) is 151 Å². The van der Waals surface area contributed by atoms with Crippen molar-refractivity contribution in [3.63, 3.8) is 0 Å². The van der Waals surface area contributed by atoms with E-state index < -0.39 is 0 Å². The summed E-state index contributed by atoms with van der Waals surface area (Å²) in [6.07, 6.45) is 26.1. The van der Waals surface area contributed by atoms with Crippen LogP contribution in [0, 0.1) is 39.5 Å². The van der Waals surface area contributed by atoms with Crippen molar-refractivity contribution in [2.24, 2.45) is 9.98 Å². The average Bonchev–Trinajstić information content (AvgIpc) is 2.99. The van der Waals surface area contributed by atoms with Crippen LogP contribution in [0.25, 0.3) is 0 Å². The van der Waals surface area contributed by atoms with Crippen LogP contribution in [0.1, 0.15) is 145 Å². The van der Waals surface area contributed by atoms with Gasteiger partial charge in [-0.25, -0.2) is 9.98 Å². The van der Waals surface area contributed by atoms with Crippen LogP contribution in [-0.2, 0) is 16.5 Å². The fourth-order valence-corrected chi connectivity index (χ4v) is 5.08. The topological polar surface area (TPSA) is 24.7 Å². The second-order valence-electron chi connectivity index (χ2n) is 12.3. The molecule has 0 aliphatic rings. The number of unbranched alkanes of at least 4 members (excludes halogenated alkanes) is 15. The fourth-order valence-electron chi connectivity index (χ4n) is 5.08. The summed E-state index contributed by atoms with van der Waals surface area (Å²) in [5.74, 6) is 6.94. The van der Waals surface area contributed by atoms with Crippen LogP contribution >= 0.6 is 0 Å². The van der Waals surface area contributed by atoms with Crippen LogP contribution < -0.4 is 0 Å². The molecule has 0 aliphatic carbocycles. The zero-order chi connectivity index (χ0) is 31.1. The third-order valence-corrected chi connectivity index (χ3v) is 8.33. The van der Waals surface area contributed by atoms with Gasteiger partial charge in [-0.05, 0) is 105 Å². The quantitative estimate of drug-likeness (QED) is 0.0596. The monoisotopic (exact) mass is 638 g/mol. The summed E-state index contributed by atoms with van der Waals surface area (Å²) in [4.78, 5) is 10.2. The van der Waals surface area contributed by atoms with Gasteiger partial charge in [0.15, 0.2) is 0 Å². The van der Waals surface area contributed by atoms with Crippen LogP contribution in [-0.4, -0.2) is 11.4 Å². The van der Waals surface area contributed by atoms with Crippen LogP contribution in [0.2, 0.25) is 0 Å². The number of benzene rings is 2. The van der Waals surface area contributed by atoms with E-state index in [1.54, 1.807) is 0 Å². The summed E-state index contributed by atoms with van der Waals surface area (Å²) < 4.78 is 0. The molecule has 44 heavy (non-hydrogen) atoms. The van der Waals surface area contributed by atoms with E-state index in [0.29, 0.717) is 0 Å². The Bertz CT molecular complexity index is 1220. The maximum absolute atomic E-state index is 5.13. The molecular formula is C41H60N2Ni. The van der Waals surface area contributed by atoms with Gasteiger partial charge < -0.3 is 0 Å². The number of allylic oxidation sites excluding steroid dienone is 2. The molecule has 0 heterocycles. The second kappa shape index (κ2) is 24.8. The first-order valence-corrected chi connectivity index (χ1v) is 17.4. The molecule has 0 unspecified atom stereocenters. The molecule has 0 amide bonds. The average molecular weight is 640 g/mol. The molecule has 0 aromatic heterocycles. The Hall–Kier alpha value is -2.43. The third-order valence-electron chi connectivity index (χ3n) is 8.33. The summed E-state index contributed by atoms with van der Waals surface area (Å²) >= 11 is 0. The van der Waals surface area contributed by atoms with Crippen LogP contribution in [0.5, 0.6) is 0 Å². The molecule has 0 spiro atoms. The van der Waals surface area contributed by atoms with Gasteiger partial charge in [-0.2, -0.15) is 0 Å². The minimum Gasteiger partial charge on any atom is -0.246 e. The van der Waals surface area contributed by atoms with E-state index in [9.17, 15) is 0 Å². The number of rotatable bonds is 20. The van der Waals surface area contributed by atoms with E-state index in [2.05, 4.69) is 102 Å². The first-order valence-electron chi connectivity index (χ1n) is 17.4. The van der Waals surface area contributed by atoms with Gasteiger partial charge in [-0.3, -0.25) is 0 Å². The van der Waals surface area contributed by atoms with Crippen molar-refractivity contribution in [2.75, 3.05) is 0 Å². The summed E-state index contributed by atoms with van der Waals surface area (Å²) in [5, 5.41) is 0. The molecule has 0 saturated carbocycles. The van der Waals surface area contributed by atoms with Gasteiger partial charge in [0.25, 0.3) is 0 Å². The fraction of sp³-hybridized carbons (Fsp3) is 0.561. The second-order valence-corrected chi connectivity index (χ2v) is 12.3. The van der Waals surface area contributed by atoms with E-state index in [-0.39, 0.29) is 16.5 Å². The maximum atomic E-state index is 5.13. The smallest absolute Gasteiger partial charge is 0.139 e. The van der Waals surface area contributed by atoms with Gasteiger partial charge in [-0.1, -0.05) is 121 Å². The molecular weight excluding hydrogens is 579 g/mol. The standard InChI is InChI=1S/C41H60N2.Ni/c1-7-9-11-13-15-17-19-21-23-25-27-41(43-39-31-29-35(4)37(6)33-39)40(42-38-30-28-34(3)36(5)32-38)26-24-22-20-18-16-14-12-10-8-2;/h24,26,28-33H,7-23H2,1-6H3;/b26-24+,42-40+,43-41+;. The Balaban J connectivity index is 0.00000968. The minimum atomic E-state index is 0. The molecule has 2 aromatic rings.